The minimum Gasteiger partial charge on any atom is -0.455 e. The second-order valence-electron chi connectivity index (χ2n) is 10.3. The SMILES string of the molecule is Cn1ccc2oc(-c3ccc(C4(NC(=O)OC(C)(C)C)CCC4)cc3)c(-c3ccccc3)c2c1=O. The monoisotopic (exact) mass is 470 g/mol. The standard InChI is InChI=1S/C29H30N2O4/c1-28(2,3)35-27(33)30-29(16-8-17-29)21-13-11-20(12-14-21)25-23(19-9-6-5-7-10-19)24-22(34-25)15-18-31(4)26(24)32/h5-7,9-15,18H,8,16-17H2,1-4H3,(H,30,33). The number of carbonyl (C=O) groups excluding carboxylic acids is 1. The van der Waals surface area contributed by atoms with E-state index in [0.717, 1.165) is 41.5 Å². The van der Waals surface area contributed by atoms with Gasteiger partial charge in [0.15, 0.2) is 0 Å². The van der Waals surface area contributed by atoms with Gasteiger partial charge in [-0.2, -0.15) is 0 Å². The predicted octanol–water partition coefficient (Wildman–Crippen LogP) is 6.37. The first-order valence-corrected chi connectivity index (χ1v) is 12.0. The molecule has 6 nitrogen and oxygen atoms in total. The maximum atomic E-state index is 13.1. The zero-order valence-corrected chi connectivity index (χ0v) is 20.6. The molecule has 0 atom stereocenters. The first-order chi connectivity index (χ1) is 16.7. The second kappa shape index (κ2) is 8.45. The van der Waals surface area contributed by atoms with Crippen LogP contribution in [0.1, 0.15) is 45.6 Å². The second-order valence-corrected chi connectivity index (χ2v) is 10.3. The van der Waals surface area contributed by atoms with Crippen LogP contribution in [0.2, 0.25) is 0 Å². The normalized spacial score (nSPS) is 15.0. The van der Waals surface area contributed by atoms with Crippen molar-refractivity contribution in [3.63, 3.8) is 0 Å². The molecule has 0 aliphatic heterocycles. The fourth-order valence-electron chi connectivity index (χ4n) is 4.74. The average Bonchev–Trinajstić information content (AvgIpc) is 3.19. The zero-order chi connectivity index (χ0) is 24.8. The summed E-state index contributed by atoms with van der Waals surface area (Å²) >= 11 is 0. The van der Waals surface area contributed by atoms with Crippen molar-refractivity contribution in [1.82, 2.24) is 9.88 Å². The molecule has 0 saturated heterocycles. The number of nitrogens with zero attached hydrogens (tertiary/aromatic N) is 1. The molecule has 1 aliphatic carbocycles. The Morgan fingerprint density at radius 2 is 1.69 bits per heavy atom. The molecule has 2 heterocycles. The van der Waals surface area contributed by atoms with Crippen LogP contribution in [-0.4, -0.2) is 16.3 Å². The van der Waals surface area contributed by atoms with Crippen molar-refractivity contribution in [3.8, 4) is 22.5 Å². The molecule has 6 heteroatoms. The smallest absolute Gasteiger partial charge is 0.408 e. The number of aryl methyl sites for hydroxylation is 1. The Labute approximate surface area is 204 Å². The van der Waals surface area contributed by atoms with Crippen LogP contribution in [0, 0.1) is 0 Å². The number of fused-ring (bicyclic) bond motifs is 1. The van der Waals surface area contributed by atoms with E-state index in [-0.39, 0.29) is 5.56 Å². The third kappa shape index (κ3) is 4.25. The van der Waals surface area contributed by atoms with Crippen LogP contribution >= 0.6 is 0 Å². The minimum atomic E-state index is -0.551. The van der Waals surface area contributed by atoms with Crippen molar-refractivity contribution < 1.29 is 13.9 Å². The molecule has 0 spiro atoms. The molecule has 1 aliphatic rings. The number of furan rings is 1. The molecular weight excluding hydrogens is 440 g/mol. The Kier molecular flexibility index (Phi) is 5.55. The molecule has 2 aromatic heterocycles. The van der Waals surface area contributed by atoms with Gasteiger partial charge in [-0.05, 0) is 57.2 Å². The summed E-state index contributed by atoms with van der Waals surface area (Å²) in [5.41, 5.74) is 3.12. The van der Waals surface area contributed by atoms with Gasteiger partial charge in [0, 0.05) is 24.4 Å². The first-order valence-electron chi connectivity index (χ1n) is 12.0. The van der Waals surface area contributed by atoms with E-state index in [1.807, 2.05) is 81.4 Å². The van der Waals surface area contributed by atoms with Gasteiger partial charge in [-0.3, -0.25) is 4.79 Å². The van der Waals surface area contributed by atoms with Crippen molar-refractivity contribution in [2.24, 2.45) is 7.05 Å². The van der Waals surface area contributed by atoms with Gasteiger partial charge in [-0.1, -0.05) is 54.6 Å². The van der Waals surface area contributed by atoms with Gasteiger partial charge in [-0.15, -0.1) is 0 Å². The summed E-state index contributed by atoms with van der Waals surface area (Å²) in [4.78, 5) is 25.6. The fraction of sp³-hybridized carbons (Fsp3) is 0.310. The van der Waals surface area contributed by atoms with Crippen molar-refractivity contribution in [2.75, 3.05) is 0 Å². The number of aromatic nitrogens is 1. The number of alkyl carbamates (subject to hydrolysis) is 1. The molecule has 1 amide bonds. The number of carbonyl (C=O) groups is 1. The number of hydrogen-bond acceptors (Lipinski definition) is 4. The number of pyridine rings is 1. The highest BCUT2D eigenvalue weighted by molar-refractivity contribution is 6.01. The summed E-state index contributed by atoms with van der Waals surface area (Å²) in [7, 11) is 1.74. The maximum absolute atomic E-state index is 13.1. The number of nitrogens with one attached hydrogen (secondary N) is 1. The lowest BCUT2D eigenvalue weighted by Crippen LogP contribution is -2.52. The fourth-order valence-corrected chi connectivity index (χ4v) is 4.74. The number of rotatable bonds is 4. The molecule has 0 radical (unpaired) electrons. The summed E-state index contributed by atoms with van der Waals surface area (Å²) in [5, 5.41) is 3.68. The van der Waals surface area contributed by atoms with Gasteiger partial charge >= 0.3 is 6.09 Å². The highest BCUT2D eigenvalue weighted by atomic mass is 16.6. The van der Waals surface area contributed by atoms with E-state index in [0.29, 0.717) is 16.7 Å². The van der Waals surface area contributed by atoms with Gasteiger partial charge in [0.2, 0.25) is 0 Å². The van der Waals surface area contributed by atoms with Crippen LogP contribution in [0.5, 0.6) is 0 Å². The quantitative estimate of drug-likeness (QED) is 0.376. The molecule has 4 aromatic rings. The summed E-state index contributed by atoms with van der Waals surface area (Å²) in [5.74, 6) is 0.656. The Hall–Kier alpha value is -3.80. The van der Waals surface area contributed by atoms with E-state index in [2.05, 4.69) is 5.32 Å². The molecule has 1 N–H and O–H groups in total. The van der Waals surface area contributed by atoms with Gasteiger partial charge in [-0.25, -0.2) is 4.79 Å². The molecule has 2 aromatic carbocycles. The van der Waals surface area contributed by atoms with Crippen molar-refractivity contribution >= 4 is 17.1 Å². The zero-order valence-electron chi connectivity index (χ0n) is 20.6. The first kappa shape index (κ1) is 23.0. The van der Waals surface area contributed by atoms with Crippen LogP contribution < -0.4 is 10.9 Å². The van der Waals surface area contributed by atoms with Gasteiger partial charge < -0.3 is 19.0 Å². The largest absolute Gasteiger partial charge is 0.455 e. The summed E-state index contributed by atoms with van der Waals surface area (Å²) in [6, 6.07) is 19.7. The van der Waals surface area contributed by atoms with Crippen LogP contribution in [-0.2, 0) is 17.3 Å². The van der Waals surface area contributed by atoms with E-state index in [4.69, 9.17) is 9.15 Å². The lowest BCUT2D eigenvalue weighted by Gasteiger charge is -2.43. The van der Waals surface area contributed by atoms with E-state index in [9.17, 15) is 9.59 Å². The Bertz CT molecular complexity index is 1440. The molecule has 180 valence electrons. The van der Waals surface area contributed by atoms with Crippen molar-refractivity contribution in [3.05, 3.63) is 82.8 Å². The molecule has 0 bridgehead atoms. The molecule has 1 fully saturated rings. The van der Waals surface area contributed by atoms with Gasteiger partial charge in [0.25, 0.3) is 5.56 Å². The van der Waals surface area contributed by atoms with E-state index in [1.165, 1.54) is 0 Å². The van der Waals surface area contributed by atoms with E-state index in [1.54, 1.807) is 17.8 Å². The van der Waals surface area contributed by atoms with Gasteiger partial charge in [0.1, 0.15) is 16.9 Å². The van der Waals surface area contributed by atoms with Crippen LogP contribution in [0.15, 0.2) is 76.1 Å². The highest BCUT2D eigenvalue weighted by Gasteiger charge is 2.41. The number of benzene rings is 2. The molecule has 0 unspecified atom stereocenters. The average molecular weight is 471 g/mol. The lowest BCUT2D eigenvalue weighted by atomic mass is 9.71. The summed E-state index contributed by atoms with van der Waals surface area (Å²) in [6.07, 6.45) is 4.09. The highest BCUT2D eigenvalue weighted by Crippen LogP contribution is 2.43. The maximum Gasteiger partial charge on any atom is 0.408 e. The van der Waals surface area contributed by atoms with E-state index < -0.39 is 17.2 Å². The molecule has 1 saturated carbocycles. The van der Waals surface area contributed by atoms with Crippen LogP contribution in [0.25, 0.3) is 33.4 Å². The van der Waals surface area contributed by atoms with Crippen LogP contribution in [0.3, 0.4) is 0 Å². The van der Waals surface area contributed by atoms with Crippen LogP contribution in [0.4, 0.5) is 4.79 Å². The van der Waals surface area contributed by atoms with Crippen molar-refractivity contribution in [1.29, 1.82) is 0 Å². The third-order valence-corrected chi connectivity index (χ3v) is 6.63. The molecule has 35 heavy (non-hydrogen) atoms. The third-order valence-electron chi connectivity index (χ3n) is 6.63. The summed E-state index contributed by atoms with van der Waals surface area (Å²) < 4.78 is 13.3. The lowest BCUT2D eigenvalue weighted by molar-refractivity contribution is 0.0377. The van der Waals surface area contributed by atoms with E-state index >= 15 is 0 Å². The number of hydrogen-bond donors (Lipinski definition) is 1. The molecule has 5 rings (SSSR count). The minimum absolute atomic E-state index is 0.0945. The van der Waals surface area contributed by atoms with Gasteiger partial charge in [0.05, 0.1) is 10.9 Å². The Morgan fingerprint density at radius 1 is 1.00 bits per heavy atom. The molecular formula is C29H30N2O4. The Balaban J connectivity index is 1.55. The number of amides is 1. The summed E-state index contributed by atoms with van der Waals surface area (Å²) in [6.45, 7) is 5.58. The topological polar surface area (TPSA) is 73.5 Å². The van der Waals surface area contributed by atoms with Crippen molar-refractivity contribution in [2.45, 2.75) is 51.2 Å². The Morgan fingerprint density at radius 3 is 2.29 bits per heavy atom. The predicted molar refractivity (Wildman–Crippen MR) is 137 cm³/mol. The number of ether oxygens (including phenoxy) is 1.